The maximum Gasteiger partial charge on any atom is 0.123 e. The Labute approximate surface area is 313 Å². The minimum atomic E-state index is -0.201. The average Bonchev–Trinajstić information content (AvgIpc) is 3.65. The molecule has 0 spiro atoms. The van der Waals surface area contributed by atoms with Gasteiger partial charge in [-0.15, -0.1) is 11.3 Å². The monoisotopic (exact) mass is 712 g/mol. The maximum absolute atomic E-state index is 13.4. The molecule has 5 aromatic carbocycles. The molecule has 3 atom stereocenters. The molecule has 1 fully saturated rings. The van der Waals surface area contributed by atoms with Gasteiger partial charge in [-0.25, -0.2) is 4.39 Å². The van der Waals surface area contributed by atoms with Crippen LogP contribution in [0.2, 0.25) is 0 Å². The first-order valence-electron chi connectivity index (χ1n) is 18.3. The Morgan fingerprint density at radius 1 is 0.654 bits per heavy atom. The summed E-state index contributed by atoms with van der Waals surface area (Å²) >= 11 is 1.79. The van der Waals surface area contributed by atoms with E-state index in [1.165, 1.54) is 55.3 Å². The van der Waals surface area contributed by atoms with E-state index in [4.69, 9.17) is 14.2 Å². The van der Waals surface area contributed by atoms with Crippen LogP contribution in [0.25, 0.3) is 10.4 Å². The number of aryl methyl sites for hydroxylation is 1. The van der Waals surface area contributed by atoms with Crippen molar-refractivity contribution in [1.82, 2.24) is 0 Å². The van der Waals surface area contributed by atoms with Crippen LogP contribution in [0.3, 0.4) is 0 Å². The molecule has 6 aromatic rings. The first kappa shape index (κ1) is 37.4. The molecule has 1 aromatic heterocycles. The van der Waals surface area contributed by atoms with Crippen molar-refractivity contribution in [2.75, 3.05) is 13.7 Å². The number of halogens is 1. The van der Waals surface area contributed by atoms with E-state index < -0.39 is 0 Å². The molecule has 52 heavy (non-hydrogen) atoms. The lowest BCUT2D eigenvalue weighted by Crippen LogP contribution is -2.30. The predicted octanol–water partition coefficient (Wildman–Crippen LogP) is 12.0. The third-order valence-corrected chi connectivity index (χ3v) is 10.8. The molecule has 0 radical (unpaired) electrons. The summed E-state index contributed by atoms with van der Waals surface area (Å²) in [6.07, 6.45) is 4.26. The standard InChI is InChI=1S/C39H39FO2S.C8H10O/c1-28-12-13-33(22-34(28)24-38-18-19-39(43-38)32-14-16-36(40)17-15-32)35-20-31(26-41-25-29-8-4-2-5-9-29)21-37(23-35)42-27-30-10-6-3-7-11-30;1-9-7-8-5-3-2-4-6-8/h2-19,22,31,35,37H,20-21,23-27H2,1H3;2-6H,7H2,1H3. The third kappa shape index (κ3) is 11.3. The fraction of sp³-hybridized carbons (Fsp3) is 0.277. The second-order valence-electron chi connectivity index (χ2n) is 13.7. The Morgan fingerprint density at radius 2 is 1.29 bits per heavy atom. The van der Waals surface area contributed by atoms with Gasteiger partial charge < -0.3 is 14.2 Å². The van der Waals surface area contributed by atoms with Crippen molar-refractivity contribution in [3.05, 3.63) is 190 Å². The second kappa shape index (κ2) is 19.4. The number of methoxy groups -OCH3 is 1. The first-order valence-corrected chi connectivity index (χ1v) is 19.1. The van der Waals surface area contributed by atoms with E-state index in [9.17, 15) is 4.39 Å². The summed E-state index contributed by atoms with van der Waals surface area (Å²) in [4.78, 5) is 2.49. The van der Waals surface area contributed by atoms with Crippen molar-refractivity contribution >= 4 is 11.3 Å². The molecule has 1 heterocycles. The van der Waals surface area contributed by atoms with E-state index in [0.717, 1.165) is 37.9 Å². The summed E-state index contributed by atoms with van der Waals surface area (Å²) in [5.74, 6) is 0.675. The molecule has 1 aliphatic rings. The van der Waals surface area contributed by atoms with Crippen molar-refractivity contribution in [3.63, 3.8) is 0 Å². The Kier molecular flexibility index (Phi) is 14.0. The molecule has 0 amide bonds. The van der Waals surface area contributed by atoms with Gasteiger partial charge in [0.1, 0.15) is 5.82 Å². The summed E-state index contributed by atoms with van der Waals surface area (Å²) in [6.45, 7) is 4.95. The predicted molar refractivity (Wildman–Crippen MR) is 212 cm³/mol. The molecule has 3 nitrogen and oxygen atoms in total. The Morgan fingerprint density at radius 3 is 1.94 bits per heavy atom. The van der Waals surface area contributed by atoms with Crippen LogP contribution in [0, 0.1) is 18.7 Å². The highest BCUT2D eigenvalue weighted by atomic mass is 32.1. The molecule has 3 unspecified atom stereocenters. The molecular weight excluding hydrogens is 664 g/mol. The van der Waals surface area contributed by atoms with Gasteiger partial charge in [0, 0.05) is 29.9 Å². The zero-order valence-electron chi connectivity index (χ0n) is 30.3. The van der Waals surface area contributed by atoms with Crippen LogP contribution >= 0.6 is 11.3 Å². The zero-order chi connectivity index (χ0) is 36.0. The Hall–Kier alpha value is -4.39. The summed E-state index contributed by atoms with van der Waals surface area (Å²) < 4.78 is 31.1. The molecule has 1 aliphatic carbocycles. The van der Waals surface area contributed by atoms with E-state index in [1.807, 2.05) is 48.5 Å². The van der Waals surface area contributed by atoms with E-state index in [-0.39, 0.29) is 11.9 Å². The van der Waals surface area contributed by atoms with E-state index >= 15 is 0 Å². The maximum atomic E-state index is 13.4. The average molecular weight is 713 g/mol. The molecule has 5 heteroatoms. The van der Waals surface area contributed by atoms with Crippen LogP contribution in [0.1, 0.15) is 63.4 Å². The van der Waals surface area contributed by atoms with E-state index in [2.05, 4.69) is 91.9 Å². The molecule has 1 saturated carbocycles. The van der Waals surface area contributed by atoms with Gasteiger partial charge in [-0.1, -0.05) is 121 Å². The van der Waals surface area contributed by atoms with E-state index in [0.29, 0.717) is 31.7 Å². The van der Waals surface area contributed by atoms with Crippen LogP contribution < -0.4 is 0 Å². The number of thiophene rings is 1. The highest BCUT2D eigenvalue weighted by Crippen LogP contribution is 2.39. The number of hydrogen-bond donors (Lipinski definition) is 0. The van der Waals surface area contributed by atoms with Gasteiger partial charge >= 0.3 is 0 Å². The lowest BCUT2D eigenvalue weighted by molar-refractivity contribution is -0.0238. The topological polar surface area (TPSA) is 27.7 Å². The van der Waals surface area contributed by atoms with Gasteiger partial charge in [-0.05, 0) is 101 Å². The molecule has 268 valence electrons. The van der Waals surface area contributed by atoms with E-state index in [1.54, 1.807) is 18.4 Å². The normalized spacial score (nSPS) is 16.9. The lowest BCUT2D eigenvalue weighted by atomic mass is 9.76. The molecule has 0 aliphatic heterocycles. The van der Waals surface area contributed by atoms with Gasteiger partial charge in [0.05, 0.1) is 25.9 Å². The van der Waals surface area contributed by atoms with Gasteiger partial charge in [0.2, 0.25) is 0 Å². The fourth-order valence-corrected chi connectivity index (χ4v) is 7.97. The molecule has 0 saturated heterocycles. The van der Waals surface area contributed by atoms with Crippen LogP contribution in [0.4, 0.5) is 4.39 Å². The SMILES string of the molecule is COCc1ccccc1.Cc1ccc(C2CC(COCc3ccccc3)CC(OCc3ccccc3)C2)cc1Cc1ccc(-c2ccc(F)cc2)s1. The summed E-state index contributed by atoms with van der Waals surface area (Å²) in [7, 11) is 1.70. The van der Waals surface area contributed by atoms with Crippen molar-refractivity contribution in [1.29, 1.82) is 0 Å². The Bertz CT molecular complexity index is 1910. The third-order valence-electron chi connectivity index (χ3n) is 9.71. The van der Waals surface area contributed by atoms with Crippen LogP contribution in [-0.2, 0) is 40.5 Å². The van der Waals surface area contributed by atoms with Crippen molar-refractivity contribution in [3.8, 4) is 10.4 Å². The Balaban J connectivity index is 0.000000451. The first-order chi connectivity index (χ1) is 25.5. The summed E-state index contributed by atoms with van der Waals surface area (Å²) in [5, 5.41) is 0. The number of hydrogen-bond acceptors (Lipinski definition) is 4. The highest BCUT2D eigenvalue weighted by Gasteiger charge is 2.31. The van der Waals surface area contributed by atoms with Crippen molar-refractivity contribution in [2.24, 2.45) is 5.92 Å². The summed E-state index contributed by atoms with van der Waals surface area (Å²) in [6, 6.07) is 49.2. The minimum Gasteiger partial charge on any atom is -0.380 e. The van der Waals surface area contributed by atoms with Gasteiger partial charge in [-0.3, -0.25) is 0 Å². The number of rotatable bonds is 13. The van der Waals surface area contributed by atoms with Gasteiger partial charge in [0.25, 0.3) is 0 Å². The largest absolute Gasteiger partial charge is 0.380 e. The zero-order valence-corrected chi connectivity index (χ0v) is 31.1. The smallest absolute Gasteiger partial charge is 0.123 e. The number of ether oxygens (including phenoxy) is 3. The molecule has 0 N–H and O–H groups in total. The van der Waals surface area contributed by atoms with Gasteiger partial charge in [0.15, 0.2) is 0 Å². The van der Waals surface area contributed by atoms with Gasteiger partial charge in [-0.2, -0.15) is 0 Å². The number of benzene rings is 5. The van der Waals surface area contributed by atoms with Crippen LogP contribution in [0.15, 0.2) is 146 Å². The van der Waals surface area contributed by atoms with Crippen LogP contribution in [0.5, 0.6) is 0 Å². The van der Waals surface area contributed by atoms with Crippen LogP contribution in [-0.4, -0.2) is 19.8 Å². The molecular formula is C47H49FO3S. The fourth-order valence-electron chi connectivity index (χ4n) is 6.94. The quantitative estimate of drug-likeness (QED) is 0.119. The minimum absolute atomic E-state index is 0.199. The van der Waals surface area contributed by atoms with Crippen molar-refractivity contribution in [2.45, 2.75) is 64.4 Å². The molecule has 0 bridgehead atoms. The lowest BCUT2D eigenvalue weighted by Gasteiger charge is -2.35. The van der Waals surface area contributed by atoms with Crippen molar-refractivity contribution < 1.29 is 18.6 Å². The highest BCUT2D eigenvalue weighted by molar-refractivity contribution is 7.15. The second-order valence-corrected chi connectivity index (χ2v) is 14.9. The molecule has 7 rings (SSSR count). The summed E-state index contributed by atoms with van der Waals surface area (Å²) in [5.41, 5.74) is 8.80.